The SMILES string of the molecule is CCCc1ncc(C(=O)NC(CCOC(C)(C)C)C(=O)O)s1. The average molecular weight is 328 g/mol. The zero-order chi connectivity index (χ0) is 16.8. The summed E-state index contributed by atoms with van der Waals surface area (Å²) in [5, 5.41) is 12.6. The number of carbonyl (C=O) groups excluding carboxylic acids is 1. The van der Waals surface area contributed by atoms with Gasteiger partial charge in [-0.3, -0.25) is 4.79 Å². The average Bonchev–Trinajstić information content (AvgIpc) is 2.85. The number of carboxylic acid groups (broad SMARTS) is 1. The summed E-state index contributed by atoms with van der Waals surface area (Å²) in [5.41, 5.74) is -0.334. The molecule has 0 aromatic carbocycles. The smallest absolute Gasteiger partial charge is 0.326 e. The molecule has 0 spiro atoms. The van der Waals surface area contributed by atoms with Gasteiger partial charge in [0, 0.05) is 13.0 Å². The minimum Gasteiger partial charge on any atom is -0.480 e. The van der Waals surface area contributed by atoms with E-state index in [0.29, 0.717) is 4.88 Å². The Labute approximate surface area is 134 Å². The molecule has 1 heterocycles. The van der Waals surface area contributed by atoms with Crippen LogP contribution >= 0.6 is 11.3 Å². The molecule has 1 amide bonds. The third kappa shape index (κ3) is 6.53. The second-order valence-electron chi connectivity index (χ2n) is 5.98. The van der Waals surface area contributed by atoms with Gasteiger partial charge in [-0.2, -0.15) is 0 Å². The number of aromatic nitrogens is 1. The quantitative estimate of drug-likeness (QED) is 0.765. The lowest BCUT2D eigenvalue weighted by atomic mass is 10.1. The van der Waals surface area contributed by atoms with E-state index in [4.69, 9.17) is 4.74 Å². The molecule has 1 aromatic rings. The molecule has 22 heavy (non-hydrogen) atoms. The maximum atomic E-state index is 12.1. The first kappa shape index (κ1) is 18.6. The van der Waals surface area contributed by atoms with Crippen LogP contribution in [0.15, 0.2) is 6.20 Å². The summed E-state index contributed by atoms with van der Waals surface area (Å²) in [4.78, 5) is 27.9. The van der Waals surface area contributed by atoms with Crippen molar-refractivity contribution in [1.29, 1.82) is 0 Å². The molecule has 1 rings (SSSR count). The van der Waals surface area contributed by atoms with Crippen molar-refractivity contribution in [2.45, 2.75) is 58.6 Å². The van der Waals surface area contributed by atoms with E-state index >= 15 is 0 Å². The monoisotopic (exact) mass is 328 g/mol. The number of nitrogens with one attached hydrogen (secondary N) is 1. The summed E-state index contributed by atoms with van der Waals surface area (Å²) in [6, 6.07) is -0.966. The molecule has 1 unspecified atom stereocenters. The molecule has 0 saturated carbocycles. The highest BCUT2D eigenvalue weighted by Crippen LogP contribution is 2.15. The van der Waals surface area contributed by atoms with Crippen LogP contribution in [-0.2, 0) is 16.0 Å². The van der Waals surface area contributed by atoms with E-state index in [0.717, 1.165) is 17.8 Å². The first-order chi connectivity index (χ1) is 10.2. The van der Waals surface area contributed by atoms with Crippen LogP contribution in [0.5, 0.6) is 0 Å². The van der Waals surface area contributed by atoms with Crippen LogP contribution in [0.2, 0.25) is 0 Å². The summed E-state index contributed by atoms with van der Waals surface area (Å²) in [5.74, 6) is -1.47. The molecule has 0 aliphatic rings. The number of rotatable bonds is 8. The van der Waals surface area contributed by atoms with E-state index < -0.39 is 17.9 Å². The molecule has 1 aromatic heterocycles. The van der Waals surface area contributed by atoms with Gasteiger partial charge in [0.15, 0.2) is 0 Å². The Balaban J connectivity index is 2.58. The van der Waals surface area contributed by atoms with Crippen molar-refractivity contribution < 1.29 is 19.4 Å². The van der Waals surface area contributed by atoms with Gasteiger partial charge in [0.1, 0.15) is 10.9 Å². The molecule has 0 saturated heterocycles. The van der Waals surface area contributed by atoms with Crippen molar-refractivity contribution in [3.05, 3.63) is 16.1 Å². The fourth-order valence-electron chi connectivity index (χ4n) is 1.71. The first-order valence-electron chi connectivity index (χ1n) is 7.35. The van der Waals surface area contributed by atoms with Crippen LogP contribution < -0.4 is 5.32 Å². The zero-order valence-corrected chi connectivity index (χ0v) is 14.3. The van der Waals surface area contributed by atoms with E-state index in [9.17, 15) is 14.7 Å². The Morgan fingerprint density at radius 3 is 2.68 bits per heavy atom. The summed E-state index contributed by atoms with van der Waals surface area (Å²) < 4.78 is 5.51. The maximum absolute atomic E-state index is 12.1. The van der Waals surface area contributed by atoms with E-state index in [2.05, 4.69) is 10.3 Å². The standard InChI is InChI=1S/C15H24N2O4S/c1-5-6-12-16-9-11(22-12)13(18)17-10(14(19)20)7-8-21-15(2,3)4/h9-10H,5-8H2,1-4H3,(H,17,18)(H,19,20). The van der Waals surface area contributed by atoms with Gasteiger partial charge in [-0.05, 0) is 33.6 Å². The van der Waals surface area contributed by atoms with E-state index in [1.807, 2.05) is 27.7 Å². The summed E-state index contributed by atoms with van der Waals surface area (Å²) in [7, 11) is 0. The van der Waals surface area contributed by atoms with Crippen molar-refractivity contribution in [1.82, 2.24) is 10.3 Å². The number of aryl methyl sites for hydroxylation is 1. The lowest BCUT2D eigenvalue weighted by Gasteiger charge is -2.21. The minimum absolute atomic E-state index is 0.221. The van der Waals surface area contributed by atoms with Crippen molar-refractivity contribution in [3.8, 4) is 0 Å². The second kappa shape index (κ2) is 8.24. The van der Waals surface area contributed by atoms with Gasteiger partial charge in [0.05, 0.1) is 16.8 Å². The predicted octanol–water partition coefficient (Wildman–Crippen LogP) is 2.48. The number of ether oxygens (including phenoxy) is 1. The lowest BCUT2D eigenvalue weighted by Crippen LogP contribution is -2.41. The number of aliphatic carboxylic acids is 1. The van der Waals surface area contributed by atoms with Gasteiger partial charge in [0.25, 0.3) is 5.91 Å². The van der Waals surface area contributed by atoms with Crippen LogP contribution in [0, 0.1) is 0 Å². The molecule has 6 nitrogen and oxygen atoms in total. The summed E-state index contributed by atoms with van der Waals surface area (Å²) in [6.45, 7) is 8.00. The molecule has 1 atom stereocenters. The Kier molecular flexibility index (Phi) is 6.96. The van der Waals surface area contributed by atoms with Crippen molar-refractivity contribution >= 4 is 23.2 Å². The lowest BCUT2D eigenvalue weighted by molar-refractivity contribution is -0.140. The third-order valence-corrected chi connectivity index (χ3v) is 3.84. The number of hydrogen-bond acceptors (Lipinski definition) is 5. The molecule has 0 bridgehead atoms. The normalized spacial score (nSPS) is 12.9. The fraction of sp³-hybridized carbons (Fsp3) is 0.667. The number of nitrogens with zero attached hydrogens (tertiary/aromatic N) is 1. The Hall–Kier alpha value is -1.47. The molecule has 0 aliphatic heterocycles. The molecule has 0 aliphatic carbocycles. The molecule has 7 heteroatoms. The Morgan fingerprint density at radius 1 is 1.45 bits per heavy atom. The number of carboxylic acids is 1. The van der Waals surface area contributed by atoms with Gasteiger partial charge in [-0.25, -0.2) is 9.78 Å². The number of amides is 1. The minimum atomic E-state index is -1.07. The Morgan fingerprint density at radius 2 is 2.14 bits per heavy atom. The first-order valence-corrected chi connectivity index (χ1v) is 8.17. The van der Waals surface area contributed by atoms with Crippen LogP contribution in [-0.4, -0.2) is 40.2 Å². The third-order valence-electron chi connectivity index (χ3n) is 2.79. The van der Waals surface area contributed by atoms with Gasteiger partial charge in [-0.15, -0.1) is 11.3 Å². The van der Waals surface area contributed by atoms with Gasteiger partial charge >= 0.3 is 5.97 Å². The topological polar surface area (TPSA) is 88.5 Å². The van der Waals surface area contributed by atoms with Crippen LogP contribution in [0.25, 0.3) is 0 Å². The maximum Gasteiger partial charge on any atom is 0.326 e. The van der Waals surface area contributed by atoms with E-state index in [1.54, 1.807) is 0 Å². The highest BCUT2D eigenvalue weighted by atomic mass is 32.1. The molecule has 0 radical (unpaired) electrons. The van der Waals surface area contributed by atoms with Crippen LogP contribution in [0.4, 0.5) is 0 Å². The van der Waals surface area contributed by atoms with Crippen LogP contribution in [0.1, 0.15) is 55.2 Å². The van der Waals surface area contributed by atoms with Crippen molar-refractivity contribution in [3.63, 3.8) is 0 Å². The van der Waals surface area contributed by atoms with E-state index in [1.165, 1.54) is 17.5 Å². The highest BCUT2D eigenvalue weighted by molar-refractivity contribution is 7.13. The summed E-state index contributed by atoms with van der Waals surface area (Å²) in [6.07, 6.45) is 3.49. The second-order valence-corrected chi connectivity index (χ2v) is 7.10. The number of thiazole rings is 1. The van der Waals surface area contributed by atoms with Crippen LogP contribution in [0.3, 0.4) is 0 Å². The molecule has 124 valence electrons. The fourth-order valence-corrected chi connectivity index (χ4v) is 2.64. The summed E-state index contributed by atoms with van der Waals surface area (Å²) >= 11 is 1.30. The molecule has 0 fully saturated rings. The van der Waals surface area contributed by atoms with E-state index in [-0.39, 0.29) is 18.6 Å². The number of hydrogen-bond donors (Lipinski definition) is 2. The highest BCUT2D eigenvalue weighted by Gasteiger charge is 2.22. The number of carbonyl (C=O) groups is 2. The predicted molar refractivity (Wildman–Crippen MR) is 85.3 cm³/mol. The zero-order valence-electron chi connectivity index (χ0n) is 13.5. The molecular weight excluding hydrogens is 304 g/mol. The largest absolute Gasteiger partial charge is 0.480 e. The van der Waals surface area contributed by atoms with Gasteiger partial charge in [0.2, 0.25) is 0 Å². The molecule has 2 N–H and O–H groups in total. The van der Waals surface area contributed by atoms with Gasteiger partial charge < -0.3 is 15.2 Å². The molecular formula is C15H24N2O4S. The van der Waals surface area contributed by atoms with Crippen molar-refractivity contribution in [2.75, 3.05) is 6.61 Å². The van der Waals surface area contributed by atoms with Gasteiger partial charge in [-0.1, -0.05) is 6.92 Å². The Bertz CT molecular complexity index is 508. The van der Waals surface area contributed by atoms with Crippen molar-refractivity contribution in [2.24, 2.45) is 0 Å².